The molecule has 164 valence electrons. The fourth-order valence-corrected chi connectivity index (χ4v) is 3.73. The lowest BCUT2D eigenvalue weighted by atomic mass is 10.1. The second-order valence-electron chi connectivity index (χ2n) is 7.57. The van der Waals surface area contributed by atoms with Gasteiger partial charge in [0.1, 0.15) is 5.82 Å². The number of aliphatic imine (C=N–C) groups is 1. The van der Waals surface area contributed by atoms with E-state index in [0.717, 1.165) is 69.8 Å². The molecular weight excluding hydrogens is 390 g/mol. The summed E-state index contributed by atoms with van der Waals surface area (Å²) >= 11 is 0. The molecule has 0 spiro atoms. The Morgan fingerprint density at radius 2 is 1.84 bits per heavy atom. The van der Waals surface area contributed by atoms with Gasteiger partial charge in [0, 0.05) is 45.3 Å². The summed E-state index contributed by atoms with van der Waals surface area (Å²) in [6.45, 7) is 8.81. The maximum absolute atomic E-state index is 5.47. The summed E-state index contributed by atoms with van der Waals surface area (Å²) in [7, 11) is 0. The first-order valence-electron chi connectivity index (χ1n) is 11.0. The van der Waals surface area contributed by atoms with Gasteiger partial charge in [0.15, 0.2) is 11.6 Å². The maximum atomic E-state index is 5.47. The highest BCUT2D eigenvalue weighted by atomic mass is 16.5. The molecule has 0 radical (unpaired) electrons. The number of fused-ring (bicyclic) bond motifs is 1. The number of pyridine rings is 1. The first-order valence-corrected chi connectivity index (χ1v) is 11.0. The zero-order valence-corrected chi connectivity index (χ0v) is 18.1. The Kier molecular flexibility index (Phi) is 7.46. The van der Waals surface area contributed by atoms with Gasteiger partial charge in [-0.3, -0.25) is 9.30 Å². The second-order valence-corrected chi connectivity index (χ2v) is 7.57. The Morgan fingerprint density at radius 1 is 1.03 bits per heavy atom. The fourth-order valence-electron chi connectivity index (χ4n) is 3.73. The van der Waals surface area contributed by atoms with E-state index in [9.17, 15) is 0 Å². The van der Waals surface area contributed by atoms with Gasteiger partial charge in [-0.2, -0.15) is 0 Å². The predicted molar refractivity (Wildman–Crippen MR) is 122 cm³/mol. The minimum atomic E-state index is 0.643. The number of hydrogen-bond donors (Lipinski definition) is 2. The molecule has 1 saturated heterocycles. The van der Waals surface area contributed by atoms with Crippen LogP contribution in [-0.4, -0.2) is 64.9 Å². The number of rotatable bonds is 8. The summed E-state index contributed by atoms with van der Waals surface area (Å²) in [6.07, 6.45) is 2.76. The number of hydrogen-bond acceptors (Lipinski definition) is 5. The molecule has 8 heteroatoms. The number of nitrogens with zero attached hydrogens (tertiary/aromatic N) is 5. The highest BCUT2D eigenvalue weighted by Gasteiger charge is 2.12. The molecule has 0 atom stereocenters. The molecular formula is C23H31N7O. The van der Waals surface area contributed by atoms with Crippen LogP contribution < -0.4 is 10.6 Å². The van der Waals surface area contributed by atoms with Gasteiger partial charge >= 0.3 is 0 Å². The van der Waals surface area contributed by atoms with Gasteiger partial charge in [-0.05, 0) is 30.2 Å². The number of morpholine rings is 1. The average Bonchev–Trinajstić information content (AvgIpc) is 3.22. The fraction of sp³-hybridized carbons (Fsp3) is 0.435. The number of guanidine groups is 1. The number of aromatic nitrogens is 3. The lowest BCUT2D eigenvalue weighted by molar-refractivity contribution is 0.0341. The zero-order valence-electron chi connectivity index (χ0n) is 18.1. The predicted octanol–water partition coefficient (Wildman–Crippen LogP) is 1.86. The van der Waals surface area contributed by atoms with Gasteiger partial charge in [0.2, 0.25) is 0 Å². The largest absolute Gasteiger partial charge is 0.379 e. The van der Waals surface area contributed by atoms with Crippen molar-refractivity contribution in [3.63, 3.8) is 0 Å². The maximum Gasteiger partial charge on any atom is 0.191 e. The summed E-state index contributed by atoms with van der Waals surface area (Å²) in [6, 6.07) is 14.5. The van der Waals surface area contributed by atoms with E-state index >= 15 is 0 Å². The smallest absolute Gasteiger partial charge is 0.191 e. The van der Waals surface area contributed by atoms with Gasteiger partial charge < -0.3 is 15.4 Å². The average molecular weight is 422 g/mol. The van der Waals surface area contributed by atoms with Crippen LogP contribution in [0.25, 0.3) is 5.65 Å². The van der Waals surface area contributed by atoms with Crippen molar-refractivity contribution in [3.8, 4) is 0 Å². The molecule has 4 rings (SSSR count). The van der Waals surface area contributed by atoms with Crippen LogP contribution in [-0.2, 0) is 24.2 Å². The van der Waals surface area contributed by atoms with E-state index < -0.39 is 0 Å². The van der Waals surface area contributed by atoms with E-state index in [4.69, 9.17) is 9.73 Å². The van der Waals surface area contributed by atoms with Gasteiger partial charge in [-0.1, -0.05) is 30.3 Å². The summed E-state index contributed by atoms with van der Waals surface area (Å²) < 4.78 is 7.49. The molecule has 2 aromatic heterocycles. The molecule has 8 nitrogen and oxygen atoms in total. The van der Waals surface area contributed by atoms with Crippen molar-refractivity contribution in [2.24, 2.45) is 4.99 Å². The van der Waals surface area contributed by atoms with Crippen LogP contribution in [0.3, 0.4) is 0 Å². The second kappa shape index (κ2) is 10.9. The summed E-state index contributed by atoms with van der Waals surface area (Å²) in [4.78, 5) is 7.27. The Bertz CT molecular complexity index is 994. The van der Waals surface area contributed by atoms with E-state index in [-0.39, 0.29) is 0 Å². The third-order valence-electron chi connectivity index (χ3n) is 5.39. The molecule has 0 aliphatic carbocycles. The van der Waals surface area contributed by atoms with E-state index in [1.54, 1.807) is 0 Å². The Hall–Kier alpha value is -2.97. The van der Waals surface area contributed by atoms with Crippen LogP contribution in [0, 0.1) is 0 Å². The van der Waals surface area contributed by atoms with Crippen molar-refractivity contribution < 1.29 is 4.74 Å². The van der Waals surface area contributed by atoms with Crippen LogP contribution >= 0.6 is 0 Å². The first kappa shape index (κ1) is 21.3. The highest BCUT2D eigenvalue weighted by molar-refractivity contribution is 5.79. The van der Waals surface area contributed by atoms with E-state index in [2.05, 4.69) is 56.9 Å². The van der Waals surface area contributed by atoms with E-state index in [1.165, 1.54) is 11.1 Å². The number of ether oxygens (including phenoxy) is 1. The van der Waals surface area contributed by atoms with Crippen molar-refractivity contribution in [1.29, 1.82) is 0 Å². The number of nitrogens with one attached hydrogen (secondary N) is 2. The summed E-state index contributed by atoms with van der Waals surface area (Å²) in [5, 5.41) is 15.3. The van der Waals surface area contributed by atoms with Crippen LogP contribution in [0.1, 0.15) is 23.9 Å². The molecule has 1 aromatic carbocycles. The molecule has 2 N–H and O–H groups in total. The molecule has 0 bridgehead atoms. The van der Waals surface area contributed by atoms with Crippen LogP contribution in [0.4, 0.5) is 0 Å². The highest BCUT2D eigenvalue weighted by Crippen LogP contribution is 2.14. The van der Waals surface area contributed by atoms with Gasteiger partial charge in [-0.15, -0.1) is 10.2 Å². The van der Waals surface area contributed by atoms with Crippen molar-refractivity contribution in [1.82, 2.24) is 30.1 Å². The van der Waals surface area contributed by atoms with Gasteiger partial charge in [0.05, 0.1) is 19.8 Å². The van der Waals surface area contributed by atoms with Crippen molar-refractivity contribution in [2.45, 2.75) is 26.4 Å². The summed E-state index contributed by atoms with van der Waals surface area (Å²) in [5.41, 5.74) is 3.46. The molecule has 0 unspecified atom stereocenters. The molecule has 3 aromatic rings. The third-order valence-corrected chi connectivity index (χ3v) is 5.39. The van der Waals surface area contributed by atoms with Gasteiger partial charge in [-0.25, -0.2) is 4.99 Å². The topological polar surface area (TPSA) is 79.1 Å². The van der Waals surface area contributed by atoms with Gasteiger partial charge in [0.25, 0.3) is 0 Å². The van der Waals surface area contributed by atoms with Crippen LogP contribution in [0.5, 0.6) is 0 Å². The number of benzene rings is 1. The van der Waals surface area contributed by atoms with Crippen molar-refractivity contribution in [2.75, 3.05) is 39.4 Å². The van der Waals surface area contributed by atoms with Crippen LogP contribution in [0.2, 0.25) is 0 Å². The molecule has 3 heterocycles. The molecule has 1 aliphatic rings. The Morgan fingerprint density at radius 3 is 2.68 bits per heavy atom. The van der Waals surface area contributed by atoms with Crippen molar-refractivity contribution >= 4 is 11.6 Å². The lowest BCUT2D eigenvalue weighted by Gasteiger charge is -2.27. The monoisotopic (exact) mass is 421 g/mol. The molecule has 31 heavy (non-hydrogen) atoms. The Labute approximate surface area is 183 Å². The Balaban J connectivity index is 1.36. The van der Waals surface area contributed by atoms with Crippen LogP contribution in [0.15, 0.2) is 53.7 Å². The van der Waals surface area contributed by atoms with Crippen molar-refractivity contribution in [3.05, 3.63) is 65.6 Å². The standard InChI is InChI=1S/C23H31N7O/c1-2-24-23(25-11-10-22-28-27-21-9-5-6-12-30(21)22)26-17-19-7-3-4-8-20(19)18-29-13-15-31-16-14-29/h3-9,12H,2,10-11,13-18H2,1H3,(H2,24,25,26). The minimum absolute atomic E-state index is 0.643. The lowest BCUT2D eigenvalue weighted by Crippen LogP contribution is -2.38. The molecule has 0 amide bonds. The normalized spacial score (nSPS) is 15.3. The zero-order chi connectivity index (χ0) is 21.3. The first-order chi connectivity index (χ1) is 15.3. The van der Waals surface area contributed by atoms with E-state index in [0.29, 0.717) is 6.54 Å². The molecule has 0 saturated carbocycles. The SMILES string of the molecule is CCNC(=NCc1ccccc1CN1CCOCC1)NCCc1nnc2ccccn12. The molecule has 1 fully saturated rings. The minimum Gasteiger partial charge on any atom is -0.379 e. The van der Waals surface area contributed by atoms with E-state index in [1.807, 2.05) is 28.8 Å². The molecule has 1 aliphatic heterocycles. The quantitative estimate of drug-likeness (QED) is 0.427. The third kappa shape index (κ3) is 5.80. The summed E-state index contributed by atoms with van der Waals surface area (Å²) in [5.74, 6) is 1.76.